The van der Waals surface area contributed by atoms with Crippen molar-refractivity contribution in [3.05, 3.63) is 0 Å². The first kappa shape index (κ1) is 83.2. The van der Waals surface area contributed by atoms with Crippen LogP contribution < -0.4 is 37.2 Å². The van der Waals surface area contributed by atoms with Gasteiger partial charge in [0, 0.05) is 88.3 Å². The molecular formula is C67H121N11O16P2SSi. The number of phosphoric ester groups is 2. The van der Waals surface area contributed by atoms with E-state index in [1.54, 1.807) is 4.90 Å². The molecule has 0 aromatic rings. The number of nitrogens with zero attached hydrogens (tertiary/aromatic N) is 4. The van der Waals surface area contributed by atoms with E-state index < -0.39 is 73.8 Å². The van der Waals surface area contributed by atoms with Gasteiger partial charge >= 0.3 is 27.7 Å². The Morgan fingerprint density at radius 3 is 1.97 bits per heavy atom. The van der Waals surface area contributed by atoms with Crippen LogP contribution in [-0.4, -0.2) is 187 Å². The molecule has 0 saturated carbocycles. The summed E-state index contributed by atoms with van der Waals surface area (Å²) in [6.07, 6.45) is 10.7. The van der Waals surface area contributed by atoms with E-state index in [1.165, 1.54) is 0 Å². The van der Waals surface area contributed by atoms with Crippen molar-refractivity contribution >= 4 is 71.3 Å². The van der Waals surface area contributed by atoms with Crippen LogP contribution >= 0.6 is 27.4 Å². The SMILES string of the molecule is [3H]C1CC(OP(=O)(OCCC#N)OCCCNCCC[Si](C)(C)OC(C)(C(C)C)C(C)CC)C(COP(=O)(OCCC#N)OC2CC(N3CC(C)C(=NCCCCCCNC(=O)CCCCCNC(=O)CCCCCNC(=O)CCCCC4SCC5NC(=O)NC54)NC3=O)OC2CC)O1. The van der Waals surface area contributed by atoms with Gasteiger partial charge in [0.05, 0.1) is 82.7 Å². The highest BCUT2D eigenvalue weighted by molar-refractivity contribution is 8.00. The number of carbonyl (C=O) groups is 5. The maximum Gasteiger partial charge on any atom is 0.475 e. The summed E-state index contributed by atoms with van der Waals surface area (Å²) in [7, 11) is -10.8. The molecule has 98 heavy (non-hydrogen) atoms. The molecule has 0 aromatic carbocycles. The summed E-state index contributed by atoms with van der Waals surface area (Å²) < 4.78 is 91.1. The van der Waals surface area contributed by atoms with Crippen LogP contribution in [0.1, 0.15) is 204 Å². The average molecular weight is 1460 g/mol. The van der Waals surface area contributed by atoms with Crippen molar-refractivity contribution in [3.63, 3.8) is 0 Å². The molecule has 5 saturated heterocycles. The lowest BCUT2D eigenvalue weighted by atomic mass is 9.80. The second-order valence-electron chi connectivity index (χ2n) is 27.6. The number of nitrogens with one attached hydrogen (secondary N) is 7. The van der Waals surface area contributed by atoms with Crippen molar-refractivity contribution < 1.29 is 75.5 Å². The molecule has 7 N–H and O–H groups in total. The largest absolute Gasteiger partial charge is 0.475 e. The number of urea groups is 2. The minimum absolute atomic E-state index is 0.00219. The molecule has 5 aliphatic rings. The standard InChI is InChI=1S/C67H121N11O16P2SSi/c1-10-52(6)67(7,50(3)4)94-98(8,9)45-27-36-70-35-26-43-89-95(84,87-41-24-33-68)92-55-32-44-86-57(55)48-90-96(85,88-42-25-34-69)93-56-46-62(91-54(56)11-2)78-47-51(5)64(77-66(78)83)74-40-21-13-12-20-37-71-59(79)29-16-14-22-38-72-60(80)30-17-15-23-39-73-61(81)31-19-18-28-58-63-53(49-97-58)75-65(82)76-63/h50-58,62-63,70H,10-32,35-49H2,1-9H3,(H,71,79)(H,72,80)(H,73,81)(H,74,77,83)(H2,75,76,82)/i44T. The zero-order valence-corrected chi connectivity index (χ0v) is 63.8. The van der Waals surface area contributed by atoms with Crippen LogP contribution in [0.3, 0.4) is 0 Å². The number of thioether (sulfide) groups is 1. The summed E-state index contributed by atoms with van der Waals surface area (Å²) in [5, 5.41) is 40.3. The fourth-order valence-corrected chi connectivity index (χ4v) is 19.7. The highest BCUT2D eigenvalue weighted by Crippen LogP contribution is 2.55. The molecule has 0 bridgehead atoms. The molecule has 0 aromatic heterocycles. The van der Waals surface area contributed by atoms with Gasteiger partial charge in [-0.25, -0.2) is 18.7 Å². The van der Waals surface area contributed by atoms with Crippen LogP contribution in [0.5, 0.6) is 0 Å². The molecule has 27 nitrogen and oxygen atoms in total. The number of amides is 7. The first-order valence-electron chi connectivity index (χ1n) is 37.1. The number of fused-ring (bicyclic) bond motifs is 1. The molecule has 31 heteroatoms. The lowest BCUT2D eigenvalue weighted by molar-refractivity contribution is -0.122. The number of hydrogen-bond acceptors (Lipinski definition) is 21. The van der Waals surface area contributed by atoms with Crippen molar-refractivity contribution in [1.82, 2.24) is 42.1 Å². The summed E-state index contributed by atoms with van der Waals surface area (Å²) >= 11 is 1.89. The number of rotatable bonds is 53. The maximum absolute atomic E-state index is 14.5. The number of ether oxygens (including phenoxy) is 2. The molecule has 0 radical (unpaired) electrons. The molecular weight excluding hydrogens is 1340 g/mol. The molecule has 0 aliphatic carbocycles. The zero-order chi connectivity index (χ0) is 72.3. The van der Waals surface area contributed by atoms with Gasteiger partial charge in [0.1, 0.15) is 24.3 Å². The number of hydrogen-bond donors (Lipinski definition) is 7. The van der Waals surface area contributed by atoms with Crippen LogP contribution in [0.15, 0.2) is 4.99 Å². The third-order valence-electron chi connectivity index (χ3n) is 18.9. The minimum Gasteiger partial charge on any atom is -0.412 e. The van der Waals surface area contributed by atoms with Crippen molar-refractivity contribution in [1.29, 1.82) is 10.5 Å². The van der Waals surface area contributed by atoms with Crippen LogP contribution in [0.25, 0.3) is 0 Å². The molecule has 5 aliphatic heterocycles. The van der Waals surface area contributed by atoms with Crippen LogP contribution in [0.2, 0.25) is 19.1 Å². The predicted molar refractivity (Wildman–Crippen MR) is 380 cm³/mol. The Hall–Kier alpha value is -3.77. The van der Waals surface area contributed by atoms with E-state index in [4.69, 9.17) is 47.4 Å². The molecule has 5 rings (SSSR count). The number of unbranched alkanes of at least 4 members (excludes halogenated alkanes) is 8. The quantitative estimate of drug-likeness (QED) is 0.0129. The van der Waals surface area contributed by atoms with E-state index in [0.717, 1.165) is 115 Å². The normalized spacial score (nSPS) is 25.9. The molecule has 5 heterocycles. The Morgan fingerprint density at radius 2 is 1.36 bits per heavy atom. The number of aliphatic imine (C=N–C) groups is 1. The van der Waals surface area contributed by atoms with E-state index in [2.05, 4.69) is 84.9 Å². The number of phosphoric acid groups is 2. The first-order valence-corrected chi connectivity index (χ1v) is 43.6. The fourth-order valence-electron chi connectivity index (χ4n) is 12.6. The Balaban J connectivity index is 0.923. The van der Waals surface area contributed by atoms with Gasteiger partial charge in [-0.2, -0.15) is 22.3 Å². The Kier molecular flexibility index (Phi) is 38.5. The third kappa shape index (κ3) is 30.7. The lowest BCUT2D eigenvalue weighted by Crippen LogP contribution is -2.57. The maximum atomic E-state index is 14.5. The van der Waals surface area contributed by atoms with Crippen LogP contribution in [-0.2, 0) is 64.6 Å². The van der Waals surface area contributed by atoms with Gasteiger partial charge in [0.15, 0.2) is 8.32 Å². The van der Waals surface area contributed by atoms with Gasteiger partial charge in [0.2, 0.25) is 17.7 Å². The fraction of sp³-hybridized carbons (Fsp3) is 0.881. The third-order valence-corrected chi connectivity index (χ3v) is 26.0. The number of amidine groups is 1. The molecule has 14 atom stereocenters. The smallest absolute Gasteiger partial charge is 0.412 e. The summed E-state index contributed by atoms with van der Waals surface area (Å²) in [5.41, 5.74) is -0.184. The monoisotopic (exact) mass is 1460 g/mol. The molecule has 0 spiro atoms. The topological polar surface area (TPSA) is 350 Å². The van der Waals surface area contributed by atoms with Gasteiger partial charge in [-0.3, -0.25) is 56.7 Å². The lowest BCUT2D eigenvalue weighted by Gasteiger charge is -2.45. The van der Waals surface area contributed by atoms with Gasteiger partial charge in [-0.15, -0.1) is 0 Å². The Morgan fingerprint density at radius 1 is 0.776 bits per heavy atom. The van der Waals surface area contributed by atoms with Crippen molar-refractivity contribution in [3.8, 4) is 12.1 Å². The van der Waals surface area contributed by atoms with Crippen molar-refractivity contribution in [2.75, 3.05) is 84.6 Å². The van der Waals surface area contributed by atoms with E-state index in [-0.39, 0.29) is 92.9 Å². The number of carbonyl (C=O) groups excluding carboxylic acids is 5. The molecule has 14 unspecified atom stereocenters. The summed E-state index contributed by atoms with van der Waals surface area (Å²) in [5.74, 6) is 2.29. The van der Waals surface area contributed by atoms with E-state index in [0.29, 0.717) is 94.3 Å². The first-order chi connectivity index (χ1) is 47.4. The second-order valence-corrected chi connectivity index (χ2v) is 36.3. The summed E-state index contributed by atoms with van der Waals surface area (Å²) in [4.78, 5) is 68.6. The molecule has 7 amide bonds. The van der Waals surface area contributed by atoms with Gasteiger partial charge < -0.3 is 45.8 Å². The highest BCUT2D eigenvalue weighted by atomic mass is 32.2. The average Bonchev–Trinajstić information content (AvgIpc) is 1.80. The van der Waals surface area contributed by atoms with Gasteiger partial charge in [0.25, 0.3) is 0 Å². The molecule has 5 fully saturated rings. The predicted octanol–water partition coefficient (Wildman–Crippen LogP) is 11.0. The van der Waals surface area contributed by atoms with E-state index >= 15 is 0 Å². The van der Waals surface area contributed by atoms with Crippen molar-refractivity contribution in [2.45, 2.75) is 275 Å². The molecule has 560 valence electrons. The second kappa shape index (κ2) is 45.4. The van der Waals surface area contributed by atoms with Crippen molar-refractivity contribution in [2.24, 2.45) is 22.7 Å². The summed E-state index contributed by atoms with van der Waals surface area (Å²) in [6, 6.07) is 4.84. The van der Waals surface area contributed by atoms with Crippen LogP contribution in [0, 0.1) is 40.4 Å². The van der Waals surface area contributed by atoms with E-state index in [1.807, 2.05) is 37.7 Å². The number of nitriles is 2. The van der Waals surface area contributed by atoms with Gasteiger partial charge in [-0.05, 0) is 122 Å². The highest BCUT2D eigenvalue weighted by Gasteiger charge is 2.48. The van der Waals surface area contributed by atoms with E-state index in [9.17, 15) is 43.6 Å². The van der Waals surface area contributed by atoms with Crippen LogP contribution in [0.4, 0.5) is 9.59 Å². The zero-order valence-electron chi connectivity index (χ0n) is 61.2. The minimum atomic E-state index is -4.52. The Bertz CT molecular complexity index is 2690. The summed E-state index contributed by atoms with van der Waals surface area (Å²) in [6.45, 7) is 21.3. The van der Waals surface area contributed by atoms with Gasteiger partial charge in [-0.1, -0.05) is 80.1 Å². The Labute approximate surface area is 591 Å².